The summed E-state index contributed by atoms with van der Waals surface area (Å²) in [7, 11) is 1.54. The zero-order chi connectivity index (χ0) is 29.9. The Morgan fingerprint density at radius 1 is 1.10 bits per heavy atom. The average molecular weight is 559 g/mol. The van der Waals surface area contributed by atoms with Crippen LogP contribution in [-0.2, 0) is 23.2 Å². The van der Waals surface area contributed by atoms with Gasteiger partial charge in [0.1, 0.15) is 17.3 Å². The molecule has 0 unspecified atom stereocenters. The van der Waals surface area contributed by atoms with E-state index in [4.69, 9.17) is 20.0 Å². The van der Waals surface area contributed by atoms with Crippen molar-refractivity contribution in [3.05, 3.63) is 82.0 Å². The predicted octanol–water partition coefficient (Wildman–Crippen LogP) is 4.58. The molecule has 0 saturated carbocycles. The normalized spacial score (nSPS) is 12.6. The van der Waals surface area contributed by atoms with Crippen LogP contribution in [0.2, 0.25) is 0 Å². The number of carboxylic acids is 1. The van der Waals surface area contributed by atoms with Crippen LogP contribution in [0.1, 0.15) is 70.7 Å². The number of nitrogens with one attached hydrogen (secondary N) is 2. The van der Waals surface area contributed by atoms with Crippen molar-refractivity contribution < 1.29 is 29.0 Å². The molecule has 1 aliphatic heterocycles. The summed E-state index contributed by atoms with van der Waals surface area (Å²) in [5, 5.41) is 20.3. The Labute approximate surface area is 238 Å². The van der Waals surface area contributed by atoms with Crippen molar-refractivity contribution in [3.63, 3.8) is 0 Å². The molecular formula is C31H34N4O6. The molecule has 214 valence electrons. The second kappa shape index (κ2) is 11.8. The number of amidine groups is 1. The fourth-order valence-electron chi connectivity index (χ4n) is 4.66. The second-order valence-electron chi connectivity index (χ2n) is 10.8. The number of carbonyl (C=O) groups is 3. The maximum Gasteiger partial charge on any atom is 0.307 e. The number of nitrogens with zero attached hydrogens (tertiary/aromatic N) is 2. The third-order valence-electron chi connectivity index (χ3n) is 6.72. The standard InChI is InChI=1S/C31H34N4O6/c1-6-40-26-13-20-16-35(29(32)21(20)14-22(26)30(39)33-5)17-24(36)19-8-9-25(23(12-19)31(2,3)4)41-27-10-7-18(15-34-27)11-28(37)38/h7-10,12-15,32H,6,11,16-17H2,1-5H3,(H,33,39)(H,37,38). The van der Waals surface area contributed by atoms with Crippen LogP contribution in [-0.4, -0.2) is 58.7 Å². The second-order valence-corrected chi connectivity index (χ2v) is 10.8. The van der Waals surface area contributed by atoms with E-state index in [1.54, 1.807) is 47.4 Å². The van der Waals surface area contributed by atoms with Gasteiger partial charge in [0.05, 0.1) is 25.1 Å². The third-order valence-corrected chi connectivity index (χ3v) is 6.72. The zero-order valence-electron chi connectivity index (χ0n) is 23.8. The number of aliphatic carboxylic acids is 1. The lowest BCUT2D eigenvalue weighted by atomic mass is 9.85. The Morgan fingerprint density at radius 2 is 1.85 bits per heavy atom. The van der Waals surface area contributed by atoms with Crippen LogP contribution in [0.25, 0.3) is 0 Å². The first-order valence-corrected chi connectivity index (χ1v) is 13.3. The molecule has 0 atom stereocenters. The SMILES string of the molecule is CCOc1cc2c(cc1C(=O)NC)C(=N)N(CC(=O)c1ccc(Oc3ccc(CC(=O)O)cn3)c(C(C)(C)C)c1)C2. The van der Waals surface area contributed by atoms with Gasteiger partial charge in [0, 0.05) is 42.5 Å². The first-order chi connectivity index (χ1) is 19.4. The summed E-state index contributed by atoms with van der Waals surface area (Å²) < 4.78 is 11.7. The van der Waals surface area contributed by atoms with Crippen LogP contribution in [0.5, 0.6) is 17.4 Å². The Morgan fingerprint density at radius 3 is 2.46 bits per heavy atom. The number of fused-ring (bicyclic) bond motifs is 1. The highest BCUT2D eigenvalue weighted by molar-refractivity contribution is 6.07. The van der Waals surface area contributed by atoms with Crippen LogP contribution >= 0.6 is 0 Å². The highest BCUT2D eigenvalue weighted by atomic mass is 16.5. The number of benzene rings is 2. The number of ether oxygens (including phenoxy) is 2. The number of hydrogen-bond donors (Lipinski definition) is 3. The van der Waals surface area contributed by atoms with Crippen molar-refractivity contribution in [1.82, 2.24) is 15.2 Å². The lowest BCUT2D eigenvalue weighted by molar-refractivity contribution is -0.136. The van der Waals surface area contributed by atoms with Gasteiger partial charge in [0.15, 0.2) is 5.78 Å². The first-order valence-electron chi connectivity index (χ1n) is 13.3. The summed E-state index contributed by atoms with van der Waals surface area (Å²) in [4.78, 5) is 42.7. The molecule has 1 aliphatic rings. The van der Waals surface area contributed by atoms with Crippen molar-refractivity contribution in [1.29, 1.82) is 5.41 Å². The molecule has 0 radical (unpaired) electrons. The molecule has 0 fully saturated rings. The quantitative estimate of drug-likeness (QED) is 0.307. The van der Waals surface area contributed by atoms with Crippen LogP contribution in [0.4, 0.5) is 0 Å². The summed E-state index contributed by atoms with van der Waals surface area (Å²) >= 11 is 0. The molecule has 3 aromatic rings. The molecule has 10 heteroatoms. The first kappa shape index (κ1) is 29.3. The number of amides is 1. The van der Waals surface area contributed by atoms with Gasteiger partial charge in [-0.2, -0.15) is 0 Å². The molecule has 2 heterocycles. The number of aromatic nitrogens is 1. The molecule has 0 aliphatic carbocycles. The highest BCUT2D eigenvalue weighted by Crippen LogP contribution is 2.35. The average Bonchev–Trinajstić information content (AvgIpc) is 3.22. The summed E-state index contributed by atoms with van der Waals surface area (Å²) in [5.74, 6) is 0.0773. The van der Waals surface area contributed by atoms with Gasteiger partial charge in [-0.25, -0.2) is 4.98 Å². The minimum atomic E-state index is -0.937. The monoisotopic (exact) mass is 558 g/mol. The van der Waals surface area contributed by atoms with Crippen LogP contribution in [0, 0.1) is 5.41 Å². The summed E-state index contributed by atoms with van der Waals surface area (Å²) in [6.07, 6.45) is 1.34. The number of Topliss-reactive ketones (excluding diaryl/α,β-unsaturated/α-hetero) is 1. The summed E-state index contributed by atoms with van der Waals surface area (Å²) in [6, 6.07) is 11.9. The van der Waals surface area contributed by atoms with E-state index in [1.807, 2.05) is 27.7 Å². The van der Waals surface area contributed by atoms with E-state index in [0.717, 1.165) is 11.1 Å². The lowest BCUT2D eigenvalue weighted by Crippen LogP contribution is -2.30. The molecule has 0 saturated heterocycles. The van der Waals surface area contributed by atoms with Crippen molar-refractivity contribution >= 4 is 23.5 Å². The maximum absolute atomic E-state index is 13.4. The van der Waals surface area contributed by atoms with E-state index in [1.165, 1.54) is 13.2 Å². The Kier molecular flexibility index (Phi) is 8.41. The van der Waals surface area contributed by atoms with Crippen molar-refractivity contribution in [2.75, 3.05) is 20.2 Å². The molecule has 2 aromatic carbocycles. The molecule has 10 nitrogen and oxygen atoms in total. The van der Waals surface area contributed by atoms with Gasteiger partial charge in [-0.15, -0.1) is 0 Å². The third kappa shape index (κ3) is 6.54. The maximum atomic E-state index is 13.4. The van der Waals surface area contributed by atoms with E-state index in [-0.39, 0.29) is 35.9 Å². The van der Waals surface area contributed by atoms with Gasteiger partial charge in [0.25, 0.3) is 5.91 Å². The van der Waals surface area contributed by atoms with E-state index in [0.29, 0.717) is 52.8 Å². The van der Waals surface area contributed by atoms with Crippen molar-refractivity contribution in [3.8, 4) is 17.4 Å². The molecule has 0 bridgehead atoms. The lowest BCUT2D eigenvalue weighted by Gasteiger charge is -2.24. The van der Waals surface area contributed by atoms with Gasteiger partial charge < -0.3 is 24.8 Å². The summed E-state index contributed by atoms with van der Waals surface area (Å²) in [6.45, 7) is 8.61. The van der Waals surface area contributed by atoms with Gasteiger partial charge in [-0.05, 0) is 53.8 Å². The summed E-state index contributed by atoms with van der Waals surface area (Å²) in [5.41, 5.74) is 3.25. The van der Waals surface area contributed by atoms with Gasteiger partial charge >= 0.3 is 5.97 Å². The molecule has 3 N–H and O–H groups in total. The van der Waals surface area contributed by atoms with Gasteiger partial charge in [-0.1, -0.05) is 26.8 Å². The van der Waals surface area contributed by atoms with E-state index >= 15 is 0 Å². The number of ketones is 1. The molecule has 1 amide bonds. The minimum absolute atomic E-state index is 0.0107. The number of rotatable bonds is 10. The number of hydrogen-bond acceptors (Lipinski definition) is 7. The van der Waals surface area contributed by atoms with Gasteiger partial charge in [-0.3, -0.25) is 19.8 Å². The van der Waals surface area contributed by atoms with Crippen LogP contribution in [0.3, 0.4) is 0 Å². The van der Waals surface area contributed by atoms with Crippen LogP contribution < -0.4 is 14.8 Å². The number of carbonyl (C=O) groups excluding carboxylic acids is 2. The number of pyridine rings is 1. The van der Waals surface area contributed by atoms with E-state index in [9.17, 15) is 14.4 Å². The van der Waals surface area contributed by atoms with Crippen molar-refractivity contribution in [2.24, 2.45) is 0 Å². The molecule has 1 aromatic heterocycles. The largest absolute Gasteiger partial charge is 0.493 e. The predicted molar refractivity (Wildman–Crippen MR) is 153 cm³/mol. The molecule has 0 spiro atoms. The molecule has 4 rings (SSSR count). The molecular weight excluding hydrogens is 524 g/mol. The highest BCUT2D eigenvalue weighted by Gasteiger charge is 2.30. The Hall–Kier alpha value is -4.73. The van der Waals surface area contributed by atoms with E-state index < -0.39 is 5.97 Å². The van der Waals surface area contributed by atoms with Crippen LogP contribution in [0.15, 0.2) is 48.7 Å². The van der Waals surface area contributed by atoms with Gasteiger partial charge in [0.2, 0.25) is 5.88 Å². The minimum Gasteiger partial charge on any atom is -0.493 e. The smallest absolute Gasteiger partial charge is 0.307 e. The van der Waals surface area contributed by atoms with E-state index in [2.05, 4.69) is 10.3 Å². The Bertz CT molecular complexity index is 1510. The zero-order valence-corrected chi connectivity index (χ0v) is 23.8. The number of carboxylic acid groups (broad SMARTS) is 1. The van der Waals surface area contributed by atoms with Crippen molar-refractivity contribution in [2.45, 2.75) is 46.1 Å². The fourth-order valence-corrected chi connectivity index (χ4v) is 4.66. The molecule has 41 heavy (non-hydrogen) atoms. The topological polar surface area (TPSA) is 142 Å². The Balaban J connectivity index is 1.54. The fraction of sp³-hybridized carbons (Fsp3) is 0.323.